The number of amides is 2. The lowest BCUT2D eigenvalue weighted by molar-refractivity contribution is -0.143. The van der Waals surface area contributed by atoms with Crippen molar-refractivity contribution < 1.29 is 24.2 Å². The van der Waals surface area contributed by atoms with E-state index in [0.29, 0.717) is 37.2 Å². The molecule has 3 N–H and O–H groups in total. The van der Waals surface area contributed by atoms with E-state index < -0.39 is 11.4 Å². The van der Waals surface area contributed by atoms with Crippen LogP contribution in [0.5, 0.6) is 5.75 Å². The zero-order valence-electron chi connectivity index (χ0n) is 18.9. The predicted molar refractivity (Wildman–Crippen MR) is 119 cm³/mol. The van der Waals surface area contributed by atoms with Crippen LogP contribution in [0, 0.1) is 11.3 Å². The SMILES string of the molecule is CCCCC(C)(C)C(=O)NCCNC(=O)c1ccc(O[C@H]2CC[C@@H](C(=O)O)CC2)cc1. The molecule has 2 amide bonds. The quantitative estimate of drug-likeness (QED) is 0.462. The van der Waals surface area contributed by atoms with Crippen molar-refractivity contribution in [3.8, 4) is 5.75 Å². The highest BCUT2D eigenvalue weighted by molar-refractivity contribution is 5.94. The fraction of sp³-hybridized carbons (Fsp3) is 0.625. The molecule has 1 aromatic rings. The lowest BCUT2D eigenvalue weighted by atomic mass is 9.86. The van der Waals surface area contributed by atoms with Crippen molar-refractivity contribution in [3.05, 3.63) is 29.8 Å². The number of aliphatic carboxylic acids is 1. The van der Waals surface area contributed by atoms with E-state index in [-0.39, 0.29) is 23.8 Å². The molecule has 0 radical (unpaired) electrons. The van der Waals surface area contributed by atoms with E-state index in [1.54, 1.807) is 24.3 Å². The van der Waals surface area contributed by atoms with Gasteiger partial charge in [0.15, 0.2) is 0 Å². The Morgan fingerprint density at radius 1 is 1.03 bits per heavy atom. The average Bonchev–Trinajstić information content (AvgIpc) is 2.75. The van der Waals surface area contributed by atoms with Gasteiger partial charge in [0.2, 0.25) is 5.91 Å². The highest BCUT2D eigenvalue weighted by atomic mass is 16.5. The number of carboxylic acids is 1. The highest BCUT2D eigenvalue weighted by Gasteiger charge is 2.27. The monoisotopic (exact) mass is 432 g/mol. The van der Waals surface area contributed by atoms with Crippen LogP contribution in [0.2, 0.25) is 0 Å². The number of hydrogen-bond donors (Lipinski definition) is 3. The van der Waals surface area contributed by atoms with E-state index in [4.69, 9.17) is 9.84 Å². The molecule has 31 heavy (non-hydrogen) atoms. The van der Waals surface area contributed by atoms with Crippen LogP contribution in [0.3, 0.4) is 0 Å². The molecule has 1 fully saturated rings. The van der Waals surface area contributed by atoms with Crippen molar-refractivity contribution in [2.45, 2.75) is 71.8 Å². The molecule has 2 rings (SSSR count). The van der Waals surface area contributed by atoms with Gasteiger partial charge in [0.1, 0.15) is 5.75 Å². The molecule has 7 nitrogen and oxygen atoms in total. The second-order valence-corrected chi connectivity index (χ2v) is 8.95. The first kappa shape index (κ1) is 24.7. The first-order valence-electron chi connectivity index (χ1n) is 11.3. The molecule has 0 heterocycles. The van der Waals surface area contributed by atoms with Crippen LogP contribution in [-0.2, 0) is 9.59 Å². The molecule has 1 aromatic carbocycles. The fourth-order valence-corrected chi connectivity index (χ4v) is 3.73. The summed E-state index contributed by atoms with van der Waals surface area (Å²) in [7, 11) is 0. The molecule has 0 saturated heterocycles. The maximum Gasteiger partial charge on any atom is 0.306 e. The Hall–Kier alpha value is -2.57. The van der Waals surface area contributed by atoms with Gasteiger partial charge in [-0.05, 0) is 56.4 Å². The summed E-state index contributed by atoms with van der Waals surface area (Å²) in [6.45, 7) is 6.74. The van der Waals surface area contributed by atoms with Crippen LogP contribution in [0.4, 0.5) is 0 Å². The summed E-state index contributed by atoms with van der Waals surface area (Å²) >= 11 is 0. The Balaban J connectivity index is 1.71. The molecule has 172 valence electrons. The van der Waals surface area contributed by atoms with Gasteiger partial charge in [0.25, 0.3) is 5.91 Å². The van der Waals surface area contributed by atoms with Gasteiger partial charge < -0.3 is 20.5 Å². The number of nitrogens with one attached hydrogen (secondary N) is 2. The van der Waals surface area contributed by atoms with Crippen LogP contribution < -0.4 is 15.4 Å². The molecule has 1 aliphatic rings. The number of unbranched alkanes of at least 4 members (excludes halogenated alkanes) is 1. The predicted octanol–water partition coefficient (Wildman–Crippen LogP) is 3.77. The van der Waals surface area contributed by atoms with E-state index in [2.05, 4.69) is 17.6 Å². The first-order chi connectivity index (χ1) is 14.7. The van der Waals surface area contributed by atoms with Crippen LogP contribution >= 0.6 is 0 Å². The van der Waals surface area contributed by atoms with Gasteiger partial charge in [-0.3, -0.25) is 14.4 Å². The molecule has 0 bridgehead atoms. The normalized spacial score (nSPS) is 18.8. The summed E-state index contributed by atoms with van der Waals surface area (Å²) in [5.74, 6) is -0.509. The fourth-order valence-electron chi connectivity index (χ4n) is 3.73. The average molecular weight is 433 g/mol. The van der Waals surface area contributed by atoms with Gasteiger partial charge >= 0.3 is 5.97 Å². The zero-order chi connectivity index (χ0) is 22.9. The lowest BCUT2D eigenvalue weighted by Crippen LogP contribution is -2.41. The maximum atomic E-state index is 12.3. The molecule has 0 aromatic heterocycles. The number of hydrogen-bond acceptors (Lipinski definition) is 4. The Bertz CT molecular complexity index is 737. The standard InChI is InChI=1S/C24H36N2O5/c1-4-5-14-24(2,3)23(30)26-16-15-25-21(27)17-6-10-19(11-7-17)31-20-12-8-18(9-13-20)22(28)29/h6-7,10-11,18,20H,4-5,8-9,12-16H2,1-3H3,(H,25,27)(H,26,30)(H,28,29)/t18-,20+. The van der Waals surface area contributed by atoms with E-state index in [1.165, 1.54) is 0 Å². The molecule has 0 spiro atoms. The number of ether oxygens (including phenoxy) is 1. The van der Waals surface area contributed by atoms with Gasteiger partial charge in [-0.2, -0.15) is 0 Å². The van der Waals surface area contributed by atoms with E-state index in [1.807, 2.05) is 13.8 Å². The largest absolute Gasteiger partial charge is 0.490 e. The molecule has 0 unspecified atom stereocenters. The summed E-state index contributed by atoms with van der Waals surface area (Å²) in [5, 5.41) is 14.8. The van der Waals surface area contributed by atoms with Gasteiger partial charge in [0.05, 0.1) is 12.0 Å². The number of carbonyl (C=O) groups excluding carboxylic acids is 2. The Labute approximate surface area is 184 Å². The Kier molecular flexibility index (Phi) is 9.34. The number of benzene rings is 1. The minimum atomic E-state index is -0.728. The van der Waals surface area contributed by atoms with Crippen molar-refractivity contribution in [2.75, 3.05) is 13.1 Å². The van der Waals surface area contributed by atoms with Gasteiger partial charge in [0, 0.05) is 24.1 Å². The van der Waals surface area contributed by atoms with Gasteiger partial charge in [-0.1, -0.05) is 33.6 Å². The third-order valence-electron chi connectivity index (χ3n) is 5.91. The Morgan fingerprint density at radius 2 is 1.65 bits per heavy atom. The lowest BCUT2D eigenvalue weighted by Gasteiger charge is -2.26. The Morgan fingerprint density at radius 3 is 2.23 bits per heavy atom. The first-order valence-corrected chi connectivity index (χ1v) is 11.3. The van der Waals surface area contributed by atoms with Crippen molar-refractivity contribution in [3.63, 3.8) is 0 Å². The summed E-state index contributed by atoms with van der Waals surface area (Å²) < 4.78 is 5.93. The van der Waals surface area contributed by atoms with Crippen LogP contribution in [0.1, 0.15) is 76.1 Å². The van der Waals surface area contributed by atoms with Crippen molar-refractivity contribution in [1.82, 2.24) is 10.6 Å². The molecule has 1 aliphatic carbocycles. The minimum Gasteiger partial charge on any atom is -0.490 e. The van der Waals surface area contributed by atoms with E-state index in [0.717, 1.165) is 32.1 Å². The third kappa shape index (κ3) is 7.89. The molecule has 0 atom stereocenters. The van der Waals surface area contributed by atoms with Crippen molar-refractivity contribution in [1.29, 1.82) is 0 Å². The van der Waals surface area contributed by atoms with Crippen LogP contribution in [0.25, 0.3) is 0 Å². The molecule has 0 aliphatic heterocycles. The third-order valence-corrected chi connectivity index (χ3v) is 5.91. The minimum absolute atomic E-state index is 0.00842. The maximum absolute atomic E-state index is 12.3. The van der Waals surface area contributed by atoms with E-state index >= 15 is 0 Å². The van der Waals surface area contributed by atoms with E-state index in [9.17, 15) is 14.4 Å². The highest BCUT2D eigenvalue weighted by Crippen LogP contribution is 2.28. The molecular weight excluding hydrogens is 396 g/mol. The van der Waals surface area contributed by atoms with Crippen molar-refractivity contribution in [2.24, 2.45) is 11.3 Å². The van der Waals surface area contributed by atoms with Crippen LogP contribution in [0.15, 0.2) is 24.3 Å². The summed E-state index contributed by atoms with van der Waals surface area (Å²) in [6, 6.07) is 6.94. The second kappa shape index (κ2) is 11.7. The smallest absolute Gasteiger partial charge is 0.306 e. The van der Waals surface area contributed by atoms with Gasteiger partial charge in [-0.15, -0.1) is 0 Å². The van der Waals surface area contributed by atoms with Crippen LogP contribution in [-0.4, -0.2) is 42.1 Å². The topological polar surface area (TPSA) is 105 Å². The summed E-state index contributed by atoms with van der Waals surface area (Å²) in [6.07, 6.45) is 5.64. The zero-order valence-corrected chi connectivity index (χ0v) is 18.9. The van der Waals surface area contributed by atoms with Crippen molar-refractivity contribution >= 4 is 17.8 Å². The molecular formula is C24H36N2O5. The number of carbonyl (C=O) groups is 3. The summed E-state index contributed by atoms with van der Waals surface area (Å²) in [5.41, 5.74) is 0.124. The summed E-state index contributed by atoms with van der Waals surface area (Å²) in [4.78, 5) is 35.6. The molecule has 7 heteroatoms. The number of carboxylic acid groups (broad SMARTS) is 1. The molecule has 1 saturated carbocycles. The number of rotatable bonds is 11. The second-order valence-electron chi connectivity index (χ2n) is 8.95. The van der Waals surface area contributed by atoms with Gasteiger partial charge in [-0.25, -0.2) is 0 Å².